The van der Waals surface area contributed by atoms with Crippen molar-refractivity contribution in [1.82, 2.24) is 39.0 Å². The third kappa shape index (κ3) is 7.15. The van der Waals surface area contributed by atoms with Gasteiger partial charge in [0.15, 0.2) is 29.3 Å². The highest BCUT2D eigenvalue weighted by molar-refractivity contribution is 6.30. The SMILES string of the molecule is CC1(O)CCN(C(=O)c2nc(Cn3nc(-c4ccc(Cl)cc4)n(CC(O)C(F)(F)F)c3=O)nn2-c2ncccc2OC(F)(F)F)C1. The quantitative estimate of drug-likeness (QED) is 0.268. The Hall–Kier alpha value is -4.49. The summed E-state index contributed by atoms with van der Waals surface area (Å²) in [5.41, 5.74) is -2.22. The number of ether oxygens (including phenoxy) is 1. The Morgan fingerprint density at radius 1 is 1.13 bits per heavy atom. The molecule has 0 bridgehead atoms. The molecule has 2 atom stereocenters. The lowest BCUT2D eigenvalue weighted by molar-refractivity contribution is -0.274. The van der Waals surface area contributed by atoms with E-state index >= 15 is 0 Å². The topological polar surface area (TPSA) is 153 Å². The summed E-state index contributed by atoms with van der Waals surface area (Å²) in [6.45, 7) is -0.494. The highest BCUT2D eigenvalue weighted by Crippen LogP contribution is 2.29. The van der Waals surface area contributed by atoms with E-state index in [1.165, 1.54) is 36.1 Å². The Morgan fingerprint density at radius 3 is 2.43 bits per heavy atom. The molecule has 5 rings (SSSR count). The summed E-state index contributed by atoms with van der Waals surface area (Å²) in [5, 5.41) is 28.6. The third-order valence-electron chi connectivity index (χ3n) is 6.81. The number of hydrogen-bond donors (Lipinski definition) is 2. The highest BCUT2D eigenvalue weighted by Gasteiger charge is 2.40. The minimum absolute atomic E-state index is 0.0675. The van der Waals surface area contributed by atoms with Crippen LogP contribution in [-0.4, -0.2) is 92.4 Å². The number of aliphatic hydroxyl groups is 2. The first-order valence-electron chi connectivity index (χ1n) is 13.3. The number of benzene rings is 1. The number of aromatic nitrogens is 7. The third-order valence-corrected chi connectivity index (χ3v) is 7.06. The van der Waals surface area contributed by atoms with Crippen LogP contribution in [0, 0.1) is 0 Å². The first kappa shape index (κ1) is 32.9. The van der Waals surface area contributed by atoms with Crippen LogP contribution in [0.3, 0.4) is 0 Å². The first-order valence-corrected chi connectivity index (χ1v) is 13.7. The van der Waals surface area contributed by atoms with Gasteiger partial charge in [-0.2, -0.15) is 17.9 Å². The van der Waals surface area contributed by atoms with Gasteiger partial charge in [0, 0.05) is 29.9 Å². The van der Waals surface area contributed by atoms with Gasteiger partial charge < -0.3 is 19.8 Å². The van der Waals surface area contributed by atoms with Crippen LogP contribution in [0.4, 0.5) is 26.3 Å². The molecule has 0 radical (unpaired) electrons. The van der Waals surface area contributed by atoms with Crippen LogP contribution < -0.4 is 10.4 Å². The van der Waals surface area contributed by atoms with Gasteiger partial charge in [0.1, 0.15) is 6.54 Å². The molecule has 1 amide bonds. The van der Waals surface area contributed by atoms with Gasteiger partial charge in [-0.1, -0.05) is 11.6 Å². The number of nitrogens with zero attached hydrogens (tertiary/aromatic N) is 8. The molecular formula is C26H23ClF6N8O5. The molecule has 1 aliphatic heterocycles. The lowest BCUT2D eigenvalue weighted by Gasteiger charge is -2.19. The van der Waals surface area contributed by atoms with E-state index in [2.05, 4.69) is 24.9 Å². The maximum atomic E-state index is 13.5. The minimum atomic E-state index is -5.15. The Bertz CT molecular complexity index is 1800. The van der Waals surface area contributed by atoms with E-state index < -0.39 is 66.3 Å². The van der Waals surface area contributed by atoms with E-state index in [1.54, 1.807) is 0 Å². The summed E-state index contributed by atoms with van der Waals surface area (Å²) in [4.78, 5) is 36.0. The lowest BCUT2D eigenvalue weighted by atomic mass is 10.1. The first-order chi connectivity index (χ1) is 21.4. The zero-order valence-electron chi connectivity index (χ0n) is 23.5. The molecule has 4 heterocycles. The molecule has 1 fully saturated rings. The van der Waals surface area contributed by atoms with E-state index in [-0.39, 0.29) is 41.7 Å². The molecule has 20 heteroatoms. The maximum absolute atomic E-state index is 13.5. The molecule has 13 nitrogen and oxygen atoms in total. The van der Waals surface area contributed by atoms with E-state index in [9.17, 15) is 46.1 Å². The number of rotatable bonds is 8. The van der Waals surface area contributed by atoms with Gasteiger partial charge in [-0.3, -0.25) is 9.36 Å². The number of halogens is 7. The Kier molecular flexibility index (Phi) is 8.60. The van der Waals surface area contributed by atoms with Gasteiger partial charge in [-0.25, -0.2) is 19.4 Å². The molecule has 1 aliphatic rings. The molecule has 1 saturated heterocycles. The zero-order chi connectivity index (χ0) is 33.6. The van der Waals surface area contributed by atoms with Crippen molar-refractivity contribution in [3.05, 3.63) is 69.8 Å². The second-order valence-corrected chi connectivity index (χ2v) is 11.0. The monoisotopic (exact) mass is 676 g/mol. The Morgan fingerprint density at radius 2 is 1.83 bits per heavy atom. The van der Waals surface area contributed by atoms with Crippen LogP contribution in [-0.2, 0) is 13.1 Å². The van der Waals surface area contributed by atoms with Gasteiger partial charge in [0.2, 0.25) is 5.82 Å². The predicted molar refractivity (Wildman–Crippen MR) is 145 cm³/mol. The van der Waals surface area contributed by atoms with Crippen LogP contribution in [0.5, 0.6) is 5.75 Å². The summed E-state index contributed by atoms with van der Waals surface area (Å²) in [5.74, 6) is -3.51. The fourth-order valence-corrected chi connectivity index (χ4v) is 4.77. The van der Waals surface area contributed by atoms with Gasteiger partial charge in [-0.05, 0) is 49.7 Å². The van der Waals surface area contributed by atoms with Crippen LogP contribution in [0.1, 0.15) is 29.8 Å². The molecule has 46 heavy (non-hydrogen) atoms. The average Bonchev–Trinajstić information content (AvgIpc) is 3.63. The predicted octanol–water partition coefficient (Wildman–Crippen LogP) is 2.81. The summed E-state index contributed by atoms with van der Waals surface area (Å²) >= 11 is 5.91. The van der Waals surface area contributed by atoms with E-state index in [1.807, 2.05) is 0 Å². The summed E-state index contributed by atoms with van der Waals surface area (Å²) in [6.07, 6.45) is -11.9. The maximum Gasteiger partial charge on any atom is 0.573 e. The second-order valence-electron chi connectivity index (χ2n) is 10.5. The van der Waals surface area contributed by atoms with Crippen LogP contribution in [0.15, 0.2) is 47.4 Å². The second kappa shape index (κ2) is 12.0. The van der Waals surface area contributed by atoms with Crippen molar-refractivity contribution >= 4 is 17.5 Å². The van der Waals surface area contributed by atoms with Gasteiger partial charge in [-0.15, -0.1) is 23.4 Å². The zero-order valence-corrected chi connectivity index (χ0v) is 24.3. The van der Waals surface area contributed by atoms with Crippen LogP contribution in [0.2, 0.25) is 5.02 Å². The molecule has 2 unspecified atom stereocenters. The van der Waals surface area contributed by atoms with Crippen molar-refractivity contribution in [2.24, 2.45) is 0 Å². The molecule has 0 saturated carbocycles. The van der Waals surface area contributed by atoms with Crippen molar-refractivity contribution in [1.29, 1.82) is 0 Å². The van der Waals surface area contributed by atoms with Crippen molar-refractivity contribution in [2.75, 3.05) is 13.1 Å². The number of hydrogen-bond acceptors (Lipinski definition) is 9. The van der Waals surface area contributed by atoms with Crippen LogP contribution in [0.25, 0.3) is 17.2 Å². The largest absolute Gasteiger partial charge is 0.573 e. The number of carbonyl (C=O) groups excluding carboxylic acids is 1. The van der Waals surface area contributed by atoms with Crippen molar-refractivity contribution in [2.45, 2.75) is 50.7 Å². The van der Waals surface area contributed by atoms with E-state index in [0.717, 1.165) is 18.3 Å². The fourth-order valence-electron chi connectivity index (χ4n) is 4.64. The number of aliphatic hydroxyl groups excluding tert-OH is 1. The average molecular weight is 677 g/mol. The highest BCUT2D eigenvalue weighted by atomic mass is 35.5. The summed E-state index contributed by atoms with van der Waals surface area (Å²) in [6, 6.07) is 7.61. The number of likely N-dealkylation sites (tertiary alicyclic amines) is 1. The number of amides is 1. The van der Waals surface area contributed by atoms with Crippen molar-refractivity contribution in [3.63, 3.8) is 0 Å². The lowest BCUT2D eigenvalue weighted by Crippen LogP contribution is -2.37. The molecule has 0 spiro atoms. The standard InChI is InChI=1S/C26H23ClF6N8O5/c1-24(45)8-10-38(13-24)22(43)21-35-18(36-41(21)20-16(3-2-9-34-20)46-26(31,32)33)12-40-23(44)39(11-17(42)25(28,29)30)19(37-40)14-4-6-15(27)7-5-14/h2-7,9,17,42,45H,8,10-13H2,1H3. The van der Waals surface area contributed by atoms with Crippen molar-refractivity contribution in [3.8, 4) is 23.0 Å². The minimum Gasteiger partial charge on any atom is -0.402 e. The molecule has 2 N–H and O–H groups in total. The molecular weight excluding hydrogens is 654 g/mol. The Balaban J connectivity index is 1.60. The molecule has 246 valence electrons. The van der Waals surface area contributed by atoms with E-state index in [0.29, 0.717) is 13.9 Å². The molecule has 4 aromatic rings. The number of carbonyl (C=O) groups is 1. The van der Waals surface area contributed by atoms with Gasteiger partial charge in [0.05, 0.1) is 12.1 Å². The van der Waals surface area contributed by atoms with E-state index in [4.69, 9.17) is 11.6 Å². The number of β-amino-alcohol motifs (C(OH)–C–C–N with tert-alkyl or cyclic N) is 1. The fraction of sp³-hybridized carbons (Fsp3) is 0.385. The van der Waals surface area contributed by atoms with Crippen molar-refractivity contribution < 1.29 is 46.1 Å². The molecule has 1 aromatic carbocycles. The van der Waals surface area contributed by atoms with Gasteiger partial charge in [0.25, 0.3) is 5.91 Å². The molecule has 3 aromatic heterocycles. The number of alkyl halides is 6. The molecule has 0 aliphatic carbocycles. The van der Waals surface area contributed by atoms with Crippen LogP contribution >= 0.6 is 11.6 Å². The summed E-state index contributed by atoms with van der Waals surface area (Å²) in [7, 11) is 0. The normalized spacial score (nSPS) is 17.8. The van der Waals surface area contributed by atoms with Gasteiger partial charge >= 0.3 is 18.2 Å². The smallest absolute Gasteiger partial charge is 0.402 e. The Labute approximate surface area is 259 Å². The number of pyridine rings is 1. The summed E-state index contributed by atoms with van der Waals surface area (Å²) < 4.78 is 85.2.